The summed E-state index contributed by atoms with van der Waals surface area (Å²) in [6, 6.07) is 20.8. The van der Waals surface area contributed by atoms with Gasteiger partial charge in [-0.05, 0) is 85.0 Å². The monoisotopic (exact) mass is 495 g/mol. The van der Waals surface area contributed by atoms with Crippen molar-refractivity contribution in [1.82, 2.24) is 4.90 Å². The number of carbonyl (C=O) groups is 2. The molecule has 2 fully saturated rings. The molecule has 2 saturated heterocycles. The number of piperidine rings is 1. The lowest BCUT2D eigenvalue weighted by molar-refractivity contribution is 0.0506. The summed E-state index contributed by atoms with van der Waals surface area (Å²) in [5.74, 6) is 0.997. The SMILES string of the molecule is COc1c(C)cc(C(=O)C2CC3CCC(C2)N3C(=O)OCC2c3ccccc3-c3ccccc32)cc1C. The first-order valence-corrected chi connectivity index (χ1v) is 13.3. The fourth-order valence-electron chi connectivity index (χ4n) is 7.01. The first-order valence-electron chi connectivity index (χ1n) is 13.3. The lowest BCUT2D eigenvalue weighted by atomic mass is 9.84. The lowest BCUT2D eigenvalue weighted by Crippen LogP contribution is -2.48. The van der Waals surface area contributed by atoms with E-state index in [0.717, 1.165) is 35.3 Å². The zero-order valence-corrected chi connectivity index (χ0v) is 21.7. The highest BCUT2D eigenvalue weighted by atomic mass is 16.6. The third kappa shape index (κ3) is 4.01. The number of methoxy groups -OCH3 is 1. The van der Waals surface area contributed by atoms with Crippen LogP contribution in [0.1, 0.15) is 64.2 Å². The molecule has 37 heavy (non-hydrogen) atoms. The van der Waals surface area contributed by atoms with Crippen LogP contribution >= 0.6 is 0 Å². The first kappa shape index (κ1) is 23.8. The van der Waals surface area contributed by atoms with Gasteiger partial charge in [-0.2, -0.15) is 0 Å². The highest BCUT2D eigenvalue weighted by molar-refractivity contribution is 5.98. The second-order valence-electron chi connectivity index (χ2n) is 10.8. The van der Waals surface area contributed by atoms with Gasteiger partial charge in [0, 0.05) is 29.5 Å². The zero-order valence-electron chi connectivity index (χ0n) is 21.7. The second kappa shape index (κ2) is 9.37. The summed E-state index contributed by atoms with van der Waals surface area (Å²) in [5.41, 5.74) is 7.58. The second-order valence-corrected chi connectivity index (χ2v) is 10.8. The van der Waals surface area contributed by atoms with E-state index in [1.165, 1.54) is 22.3 Å². The molecule has 5 nitrogen and oxygen atoms in total. The van der Waals surface area contributed by atoms with Gasteiger partial charge < -0.3 is 14.4 Å². The quantitative estimate of drug-likeness (QED) is 0.370. The molecule has 3 aromatic carbocycles. The zero-order chi connectivity index (χ0) is 25.7. The van der Waals surface area contributed by atoms with Crippen molar-refractivity contribution in [3.8, 4) is 16.9 Å². The van der Waals surface area contributed by atoms with E-state index in [0.29, 0.717) is 19.4 Å². The van der Waals surface area contributed by atoms with Gasteiger partial charge in [0.15, 0.2) is 5.78 Å². The number of ether oxygens (including phenoxy) is 2. The minimum absolute atomic E-state index is 0.0506. The van der Waals surface area contributed by atoms with E-state index in [1.807, 2.05) is 43.0 Å². The molecule has 0 radical (unpaired) electrons. The molecule has 6 rings (SSSR count). The van der Waals surface area contributed by atoms with Gasteiger partial charge >= 0.3 is 6.09 Å². The van der Waals surface area contributed by atoms with E-state index < -0.39 is 0 Å². The van der Waals surface area contributed by atoms with Crippen LogP contribution in [-0.2, 0) is 4.74 Å². The topological polar surface area (TPSA) is 55.8 Å². The van der Waals surface area contributed by atoms with Crippen LogP contribution in [0, 0.1) is 19.8 Å². The molecule has 3 aliphatic rings. The maximum absolute atomic E-state index is 13.5. The minimum atomic E-state index is -0.239. The summed E-state index contributed by atoms with van der Waals surface area (Å²) < 4.78 is 11.5. The van der Waals surface area contributed by atoms with Crippen LogP contribution in [0.15, 0.2) is 60.7 Å². The van der Waals surface area contributed by atoms with Crippen LogP contribution in [-0.4, -0.2) is 42.6 Å². The van der Waals surface area contributed by atoms with Crippen molar-refractivity contribution in [2.24, 2.45) is 5.92 Å². The van der Waals surface area contributed by atoms with E-state index in [-0.39, 0.29) is 35.8 Å². The summed E-state index contributed by atoms with van der Waals surface area (Å²) in [4.78, 5) is 28.7. The maximum atomic E-state index is 13.5. The summed E-state index contributed by atoms with van der Waals surface area (Å²) in [7, 11) is 1.66. The summed E-state index contributed by atoms with van der Waals surface area (Å²) in [6.07, 6.45) is 3.02. The van der Waals surface area contributed by atoms with Gasteiger partial charge in [-0.25, -0.2) is 4.79 Å². The summed E-state index contributed by atoms with van der Waals surface area (Å²) in [6.45, 7) is 4.29. The van der Waals surface area contributed by atoms with Crippen molar-refractivity contribution in [2.45, 2.75) is 57.5 Å². The number of hydrogen-bond donors (Lipinski definition) is 0. The largest absolute Gasteiger partial charge is 0.496 e. The average Bonchev–Trinajstić information content (AvgIpc) is 3.37. The molecular formula is C32H33NO4. The predicted molar refractivity (Wildman–Crippen MR) is 143 cm³/mol. The third-order valence-corrected chi connectivity index (χ3v) is 8.60. The summed E-state index contributed by atoms with van der Waals surface area (Å²) >= 11 is 0. The number of Topliss-reactive ketones (excluding diaryl/α,β-unsaturated/α-hetero) is 1. The van der Waals surface area contributed by atoms with Crippen molar-refractivity contribution < 1.29 is 19.1 Å². The molecule has 0 aromatic heterocycles. The third-order valence-electron chi connectivity index (χ3n) is 8.60. The highest BCUT2D eigenvalue weighted by Gasteiger charge is 2.46. The van der Waals surface area contributed by atoms with E-state index in [9.17, 15) is 9.59 Å². The van der Waals surface area contributed by atoms with Gasteiger partial charge in [-0.15, -0.1) is 0 Å². The Labute approximate surface area is 218 Å². The molecular weight excluding hydrogens is 462 g/mol. The van der Waals surface area contributed by atoms with E-state index in [2.05, 4.69) is 36.4 Å². The molecule has 2 heterocycles. The van der Waals surface area contributed by atoms with Crippen molar-refractivity contribution in [2.75, 3.05) is 13.7 Å². The Kier molecular flexibility index (Phi) is 6.02. The predicted octanol–water partition coefficient (Wildman–Crippen LogP) is 6.69. The number of carbonyl (C=O) groups excluding carboxylic acids is 2. The molecule has 1 aliphatic carbocycles. The number of nitrogens with zero attached hydrogens (tertiary/aromatic N) is 1. The van der Waals surface area contributed by atoms with E-state index in [1.54, 1.807) is 7.11 Å². The van der Waals surface area contributed by atoms with Crippen molar-refractivity contribution in [1.29, 1.82) is 0 Å². The van der Waals surface area contributed by atoms with Crippen LogP contribution in [0.5, 0.6) is 5.75 Å². The van der Waals surface area contributed by atoms with Crippen molar-refractivity contribution in [3.63, 3.8) is 0 Å². The van der Waals surface area contributed by atoms with Crippen LogP contribution < -0.4 is 4.74 Å². The number of benzene rings is 3. The van der Waals surface area contributed by atoms with E-state index >= 15 is 0 Å². The number of hydrogen-bond acceptors (Lipinski definition) is 4. The number of rotatable bonds is 5. The summed E-state index contributed by atoms with van der Waals surface area (Å²) in [5, 5.41) is 0. The molecule has 0 spiro atoms. The number of fused-ring (bicyclic) bond motifs is 5. The molecule has 2 unspecified atom stereocenters. The van der Waals surface area contributed by atoms with Crippen LogP contribution in [0.25, 0.3) is 11.1 Å². The van der Waals surface area contributed by atoms with Gasteiger partial charge in [0.25, 0.3) is 0 Å². The normalized spacial score (nSPS) is 21.9. The molecule has 2 atom stereocenters. The smallest absolute Gasteiger partial charge is 0.410 e. The Morgan fingerprint density at radius 3 is 1.95 bits per heavy atom. The van der Waals surface area contributed by atoms with E-state index in [4.69, 9.17) is 9.47 Å². The molecule has 2 bridgehead atoms. The molecule has 0 N–H and O–H groups in total. The Morgan fingerprint density at radius 1 is 0.865 bits per heavy atom. The number of amides is 1. The van der Waals surface area contributed by atoms with Crippen LogP contribution in [0.2, 0.25) is 0 Å². The maximum Gasteiger partial charge on any atom is 0.410 e. The van der Waals surface area contributed by atoms with Gasteiger partial charge in [-0.3, -0.25) is 4.79 Å². The average molecular weight is 496 g/mol. The minimum Gasteiger partial charge on any atom is -0.496 e. The molecule has 190 valence electrons. The molecule has 5 heteroatoms. The van der Waals surface area contributed by atoms with Crippen LogP contribution in [0.4, 0.5) is 4.79 Å². The van der Waals surface area contributed by atoms with Gasteiger partial charge in [0.05, 0.1) is 7.11 Å². The lowest BCUT2D eigenvalue weighted by Gasteiger charge is -2.38. The number of ketones is 1. The Morgan fingerprint density at radius 2 is 1.41 bits per heavy atom. The molecule has 1 amide bonds. The van der Waals surface area contributed by atoms with Gasteiger partial charge in [0.2, 0.25) is 0 Å². The standard InChI is InChI=1S/C32H33NO4/c1-19-14-21(15-20(2)31(19)36-3)30(34)22-16-23-12-13-24(17-22)33(23)32(35)37-18-29-27-10-6-4-8-25(27)26-9-5-7-11-28(26)29/h4-11,14-15,22-24,29H,12-13,16-18H2,1-3H3. The van der Waals surface area contributed by atoms with Gasteiger partial charge in [-0.1, -0.05) is 48.5 Å². The van der Waals surface area contributed by atoms with Gasteiger partial charge in [0.1, 0.15) is 12.4 Å². The molecule has 2 aliphatic heterocycles. The highest BCUT2D eigenvalue weighted by Crippen LogP contribution is 2.45. The Balaban J connectivity index is 1.14. The fourth-order valence-corrected chi connectivity index (χ4v) is 7.01. The van der Waals surface area contributed by atoms with Crippen molar-refractivity contribution in [3.05, 3.63) is 88.5 Å². The fraction of sp³-hybridized carbons (Fsp3) is 0.375. The Bertz CT molecular complexity index is 1300. The van der Waals surface area contributed by atoms with Crippen LogP contribution in [0.3, 0.4) is 0 Å². The first-order chi connectivity index (χ1) is 18.0. The molecule has 0 saturated carbocycles. The number of aryl methyl sites for hydroxylation is 2. The molecule has 3 aromatic rings. The Hall–Kier alpha value is -3.60. The van der Waals surface area contributed by atoms with Crippen molar-refractivity contribution >= 4 is 11.9 Å².